The molecule has 0 spiro atoms. The molecule has 0 aromatic heterocycles. The van der Waals surface area contributed by atoms with Crippen LogP contribution < -0.4 is 5.73 Å². The van der Waals surface area contributed by atoms with Gasteiger partial charge in [-0.25, -0.2) is 0 Å². The first-order valence-electron chi connectivity index (χ1n) is 6.49. The molecule has 1 aliphatic heterocycles. The highest BCUT2D eigenvalue weighted by Crippen LogP contribution is 2.16. The van der Waals surface area contributed by atoms with Gasteiger partial charge in [0.15, 0.2) is 0 Å². The first-order valence-corrected chi connectivity index (χ1v) is 6.49. The van der Waals surface area contributed by atoms with E-state index >= 15 is 0 Å². The fourth-order valence-electron chi connectivity index (χ4n) is 2.23. The van der Waals surface area contributed by atoms with Crippen LogP contribution in [-0.4, -0.2) is 43.3 Å². The largest absolute Gasteiger partial charge is 0.374 e. The number of hydrogen-bond acceptors (Lipinski definition) is 3. The summed E-state index contributed by atoms with van der Waals surface area (Å²) in [6.45, 7) is 9.66. The zero-order valence-corrected chi connectivity index (χ0v) is 11.0. The number of ether oxygens (including phenoxy) is 1. The van der Waals surface area contributed by atoms with Crippen LogP contribution >= 0.6 is 0 Å². The van der Waals surface area contributed by atoms with E-state index in [1.54, 1.807) is 0 Å². The SMILES string of the molecule is C=C(CN1CCOC(C(C)N)C1)c1ccccc1. The van der Waals surface area contributed by atoms with E-state index in [-0.39, 0.29) is 12.1 Å². The molecular formula is C15H22N2O. The van der Waals surface area contributed by atoms with Crippen molar-refractivity contribution in [1.82, 2.24) is 4.90 Å². The molecule has 1 aliphatic rings. The van der Waals surface area contributed by atoms with Crippen LogP contribution in [0.25, 0.3) is 5.57 Å². The van der Waals surface area contributed by atoms with Crippen molar-refractivity contribution >= 4 is 5.57 Å². The maximum Gasteiger partial charge on any atom is 0.0850 e. The second-order valence-corrected chi connectivity index (χ2v) is 4.97. The molecule has 1 aromatic carbocycles. The topological polar surface area (TPSA) is 38.5 Å². The Morgan fingerprint density at radius 1 is 1.50 bits per heavy atom. The van der Waals surface area contributed by atoms with E-state index in [0.717, 1.165) is 31.8 Å². The fraction of sp³-hybridized carbons (Fsp3) is 0.467. The average molecular weight is 246 g/mol. The van der Waals surface area contributed by atoms with Crippen molar-refractivity contribution in [2.24, 2.45) is 5.73 Å². The Hall–Kier alpha value is -1.16. The standard InChI is InChI=1S/C15H22N2O/c1-12(14-6-4-3-5-7-14)10-17-8-9-18-15(11-17)13(2)16/h3-7,13,15H,1,8-11,16H2,2H3. The van der Waals surface area contributed by atoms with Gasteiger partial charge in [-0.2, -0.15) is 0 Å². The molecule has 1 fully saturated rings. The highest BCUT2D eigenvalue weighted by atomic mass is 16.5. The minimum atomic E-state index is 0.0813. The lowest BCUT2D eigenvalue weighted by Gasteiger charge is -2.35. The van der Waals surface area contributed by atoms with Crippen molar-refractivity contribution in [3.05, 3.63) is 42.5 Å². The van der Waals surface area contributed by atoms with Gasteiger partial charge in [0, 0.05) is 25.7 Å². The summed E-state index contributed by atoms with van der Waals surface area (Å²) in [6, 6.07) is 10.4. The smallest absolute Gasteiger partial charge is 0.0850 e. The first kappa shape index (κ1) is 13.3. The van der Waals surface area contributed by atoms with Crippen molar-refractivity contribution in [3.8, 4) is 0 Å². The minimum Gasteiger partial charge on any atom is -0.374 e. The Morgan fingerprint density at radius 2 is 2.22 bits per heavy atom. The van der Waals surface area contributed by atoms with Crippen molar-refractivity contribution in [2.45, 2.75) is 19.1 Å². The van der Waals surface area contributed by atoms with Crippen LogP contribution in [0.15, 0.2) is 36.9 Å². The van der Waals surface area contributed by atoms with Crippen LogP contribution in [0, 0.1) is 0 Å². The summed E-state index contributed by atoms with van der Waals surface area (Å²) in [7, 11) is 0. The Labute approximate surface area is 109 Å². The molecular weight excluding hydrogens is 224 g/mol. The van der Waals surface area contributed by atoms with Crippen LogP contribution in [0.3, 0.4) is 0 Å². The van der Waals surface area contributed by atoms with E-state index in [1.165, 1.54) is 5.56 Å². The van der Waals surface area contributed by atoms with Gasteiger partial charge in [0.25, 0.3) is 0 Å². The molecule has 0 amide bonds. The van der Waals surface area contributed by atoms with E-state index in [0.29, 0.717) is 0 Å². The zero-order chi connectivity index (χ0) is 13.0. The molecule has 3 heteroatoms. The van der Waals surface area contributed by atoms with Crippen molar-refractivity contribution < 1.29 is 4.74 Å². The Balaban J connectivity index is 1.91. The normalized spacial score (nSPS) is 22.7. The monoisotopic (exact) mass is 246 g/mol. The van der Waals surface area contributed by atoms with Gasteiger partial charge in [0.1, 0.15) is 0 Å². The molecule has 1 heterocycles. The Bertz CT molecular complexity index is 389. The molecule has 3 nitrogen and oxygen atoms in total. The Morgan fingerprint density at radius 3 is 2.89 bits per heavy atom. The second kappa shape index (κ2) is 6.14. The predicted octanol–water partition coefficient (Wildman–Crippen LogP) is 1.75. The fourth-order valence-corrected chi connectivity index (χ4v) is 2.23. The zero-order valence-electron chi connectivity index (χ0n) is 11.0. The van der Waals surface area contributed by atoms with Gasteiger partial charge in [-0.05, 0) is 18.1 Å². The lowest BCUT2D eigenvalue weighted by atomic mass is 10.1. The molecule has 0 bridgehead atoms. The molecule has 0 aliphatic carbocycles. The maximum absolute atomic E-state index is 5.90. The van der Waals surface area contributed by atoms with Crippen LogP contribution in [0.5, 0.6) is 0 Å². The molecule has 2 rings (SSSR count). The van der Waals surface area contributed by atoms with Crippen molar-refractivity contribution in [1.29, 1.82) is 0 Å². The third-order valence-corrected chi connectivity index (χ3v) is 3.36. The first-order chi connectivity index (χ1) is 8.66. The van der Waals surface area contributed by atoms with E-state index in [2.05, 4.69) is 23.6 Å². The van der Waals surface area contributed by atoms with Gasteiger partial charge in [0.2, 0.25) is 0 Å². The number of nitrogens with two attached hydrogens (primary N) is 1. The van der Waals surface area contributed by atoms with Gasteiger partial charge in [0.05, 0.1) is 12.7 Å². The summed E-state index contributed by atoms with van der Waals surface area (Å²) in [5.74, 6) is 0. The summed E-state index contributed by atoms with van der Waals surface area (Å²) < 4.78 is 5.66. The van der Waals surface area contributed by atoms with Gasteiger partial charge in [-0.3, -0.25) is 4.90 Å². The van der Waals surface area contributed by atoms with E-state index in [1.807, 2.05) is 25.1 Å². The number of nitrogens with zero attached hydrogens (tertiary/aromatic N) is 1. The summed E-state index contributed by atoms with van der Waals surface area (Å²) in [6.07, 6.45) is 0.141. The van der Waals surface area contributed by atoms with E-state index in [4.69, 9.17) is 10.5 Å². The molecule has 1 saturated heterocycles. The molecule has 0 radical (unpaired) electrons. The number of rotatable bonds is 4. The number of morpholine rings is 1. The Kier molecular flexibility index (Phi) is 4.53. The third kappa shape index (κ3) is 3.42. The summed E-state index contributed by atoms with van der Waals surface area (Å²) in [5, 5.41) is 0. The van der Waals surface area contributed by atoms with Crippen LogP contribution in [0.2, 0.25) is 0 Å². The molecule has 0 saturated carbocycles. The van der Waals surface area contributed by atoms with Gasteiger partial charge in [-0.15, -0.1) is 0 Å². The molecule has 2 unspecified atom stereocenters. The summed E-state index contributed by atoms with van der Waals surface area (Å²) in [5.41, 5.74) is 8.26. The number of benzene rings is 1. The van der Waals surface area contributed by atoms with Crippen LogP contribution in [0.4, 0.5) is 0 Å². The molecule has 2 atom stereocenters. The maximum atomic E-state index is 5.90. The third-order valence-electron chi connectivity index (χ3n) is 3.36. The molecule has 18 heavy (non-hydrogen) atoms. The quantitative estimate of drug-likeness (QED) is 0.879. The average Bonchev–Trinajstić information content (AvgIpc) is 2.40. The van der Waals surface area contributed by atoms with Crippen molar-refractivity contribution in [3.63, 3.8) is 0 Å². The molecule has 1 aromatic rings. The number of hydrogen-bond donors (Lipinski definition) is 1. The van der Waals surface area contributed by atoms with Crippen molar-refractivity contribution in [2.75, 3.05) is 26.2 Å². The molecule has 98 valence electrons. The van der Waals surface area contributed by atoms with Gasteiger partial charge < -0.3 is 10.5 Å². The van der Waals surface area contributed by atoms with E-state index in [9.17, 15) is 0 Å². The summed E-state index contributed by atoms with van der Waals surface area (Å²) in [4.78, 5) is 2.37. The van der Waals surface area contributed by atoms with Gasteiger partial charge >= 0.3 is 0 Å². The lowest BCUT2D eigenvalue weighted by Crippen LogP contribution is -2.49. The van der Waals surface area contributed by atoms with E-state index < -0.39 is 0 Å². The highest BCUT2D eigenvalue weighted by Gasteiger charge is 2.23. The predicted molar refractivity (Wildman–Crippen MR) is 75.3 cm³/mol. The van der Waals surface area contributed by atoms with Crippen LogP contribution in [-0.2, 0) is 4.74 Å². The minimum absolute atomic E-state index is 0.0813. The molecule has 2 N–H and O–H groups in total. The van der Waals surface area contributed by atoms with Gasteiger partial charge in [-0.1, -0.05) is 36.9 Å². The summed E-state index contributed by atoms with van der Waals surface area (Å²) >= 11 is 0. The second-order valence-electron chi connectivity index (χ2n) is 4.97. The lowest BCUT2D eigenvalue weighted by molar-refractivity contribution is -0.0332. The van der Waals surface area contributed by atoms with Crippen LogP contribution in [0.1, 0.15) is 12.5 Å². The highest BCUT2D eigenvalue weighted by molar-refractivity contribution is 5.64.